The second kappa shape index (κ2) is 7.70. The van der Waals surface area contributed by atoms with Gasteiger partial charge < -0.3 is 10.4 Å². The predicted molar refractivity (Wildman–Crippen MR) is 78.2 cm³/mol. The molecular formula is C13H19N3O2S. The molecule has 0 unspecified atom stereocenters. The van der Waals surface area contributed by atoms with E-state index in [1.165, 1.54) is 0 Å². The van der Waals surface area contributed by atoms with Crippen molar-refractivity contribution in [2.45, 2.75) is 32.4 Å². The van der Waals surface area contributed by atoms with Crippen LogP contribution in [-0.4, -0.2) is 22.2 Å². The molecule has 6 heteroatoms. The lowest BCUT2D eigenvalue weighted by molar-refractivity contribution is -0.123. The van der Waals surface area contributed by atoms with Crippen LogP contribution in [0.2, 0.25) is 0 Å². The van der Waals surface area contributed by atoms with Crippen LogP contribution >= 0.6 is 12.2 Å². The first kappa shape index (κ1) is 15.4. The van der Waals surface area contributed by atoms with Crippen LogP contribution in [0.15, 0.2) is 30.3 Å². The zero-order valence-corrected chi connectivity index (χ0v) is 11.8. The Balaban J connectivity index is 2.33. The van der Waals surface area contributed by atoms with Crippen LogP contribution in [0.3, 0.4) is 0 Å². The minimum atomic E-state index is -0.674. The smallest absolute Gasteiger partial charge is 0.240 e. The number of carbonyl (C=O) groups is 1. The minimum Gasteiger partial charge on any atom is -0.393 e. The molecule has 2 atom stereocenters. The van der Waals surface area contributed by atoms with Gasteiger partial charge in [0.15, 0.2) is 5.11 Å². The third kappa shape index (κ3) is 6.17. The topological polar surface area (TPSA) is 73.4 Å². The van der Waals surface area contributed by atoms with Gasteiger partial charge in [0.2, 0.25) is 5.91 Å². The van der Waals surface area contributed by atoms with E-state index in [1.54, 1.807) is 6.92 Å². The van der Waals surface area contributed by atoms with Gasteiger partial charge in [-0.1, -0.05) is 30.3 Å². The maximum Gasteiger partial charge on any atom is 0.240 e. The Bertz CT molecular complexity index is 423. The maximum atomic E-state index is 11.3. The van der Waals surface area contributed by atoms with Crippen molar-refractivity contribution in [3.63, 3.8) is 0 Å². The molecule has 0 heterocycles. The van der Waals surface area contributed by atoms with Crippen LogP contribution in [-0.2, 0) is 4.79 Å². The Hall–Kier alpha value is -1.66. The van der Waals surface area contributed by atoms with E-state index in [4.69, 9.17) is 17.3 Å². The van der Waals surface area contributed by atoms with E-state index in [2.05, 4.69) is 16.2 Å². The van der Waals surface area contributed by atoms with Gasteiger partial charge in [-0.25, -0.2) is 0 Å². The first-order valence-corrected chi connectivity index (χ1v) is 6.48. The highest BCUT2D eigenvalue weighted by molar-refractivity contribution is 7.80. The number of aliphatic hydroxyl groups excluding tert-OH is 1. The van der Waals surface area contributed by atoms with Gasteiger partial charge in [-0.05, 0) is 31.6 Å². The average Bonchev–Trinajstić information content (AvgIpc) is 2.36. The van der Waals surface area contributed by atoms with Crippen LogP contribution in [0.25, 0.3) is 0 Å². The highest BCUT2D eigenvalue weighted by Gasteiger charge is 2.08. The number of amides is 1. The number of aliphatic hydroxyl groups is 1. The van der Waals surface area contributed by atoms with Crippen molar-refractivity contribution in [1.82, 2.24) is 16.2 Å². The molecule has 0 radical (unpaired) electrons. The van der Waals surface area contributed by atoms with Crippen molar-refractivity contribution in [2.24, 2.45) is 0 Å². The molecule has 1 aromatic rings. The molecule has 0 fully saturated rings. The quantitative estimate of drug-likeness (QED) is 0.490. The largest absolute Gasteiger partial charge is 0.393 e. The fraction of sp³-hybridized carbons (Fsp3) is 0.385. The second-order valence-corrected chi connectivity index (χ2v) is 4.74. The lowest BCUT2D eigenvalue weighted by Crippen LogP contribution is -2.47. The maximum absolute atomic E-state index is 11.3. The Labute approximate surface area is 118 Å². The summed E-state index contributed by atoms with van der Waals surface area (Å²) in [4.78, 5) is 11.3. The summed E-state index contributed by atoms with van der Waals surface area (Å²) in [7, 11) is 0. The summed E-state index contributed by atoms with van der Waals surface area (Å²) in [6, 6.07) is 9.87. The van der Waals surface area contributed by atoms with Crippen LogP contribution < -0.4 is 16.2 Å². The van der Waals surface area contributed by atoms with E-state index < -0.39 is 6.10 Å². The summed E-state index contributed by atoms with van der Waals surface area (Å²) in [6.07, 6.45) is -0.643. The van der Waals surface area contributed by atoms with E-state index >= 15 is 0 Å². The summed E-state index contributed by atoms with van der Waals surface area (Å²) < 4.78 is 0. The second-order valence-electron chi connectivity index (χ2n) is 4.33. The van der Waals surface area contributed by atoms with Crippen molar-refractivity contribution < 1.29 is 9.90 Å². The summed E-state index contributed by atoms with van der Waals surface area (Å²) in [5.41, 5.74) is 6.12. The third-order valence-corrected chi connectivity index (χ3v) is 2.66. The lowest BCUT2D eigenvalue weighted by Gasteiger charge is -2.17. The molecule has 0 aliphatic heterocycles. The Kier molecular flexibility index (Phi) is 6.24. The average molecular weight is 281 g/mol. The molecular weight excluding hydrogens is 262 g/mol. The molecule has 4 N–H and O–H groups in total. The van der Waals surface area contributed by atoms with Gasteiger partial charge in [-0.2, -0.15) is 0 Å². The van der Waals surface area contributed by atoms with Crippen LogP contribution in [0.4, 0.5) is 0 Å². The molecule has 0 aliphatic carbocycles. The summed E-state index contributed by atoms with van der Waals surface area (Å²) in [6.45, 7) is 3.52. The summed E-state index contributed by atoms with van der Waals surface area (Å²) in [5.74, 6) is -0.313. The van der Waals surface area contributed by atoms with Crippen molar-refractivity contribution in [3.8, 4) is 0 Å². The predicted octanol–water partition coefficient (Wildman–Crippen LogP) is 1.01. The van der Waals surface area contributed by atoms with Gasteiger partial charge in [0, 0.05) is 0 Å². The zero-order valence-electron chi connectivity index (χ0n) is 11.0. The van der Waals surface area contributed by atoms with E-state index in [0.717, 1.165) is 5.56 Å². The number of hydrazine groups is 1. The van der Waals surface area contributed by atoms with Crippen molar-refractivity contribution in [3.05, 3.63) is 35.9 Å². The van der Waals surface area contributed by atoms with Gasteiger partial charge in [-0.3, -0.25) is 15.6 Å². The molecule has 1 aromatic carbocycles. The first-order valence-electron chi connectivity index (χ1n) is 6.07. The third-order valence-electron chi connectivity index (χ3n) is 2.44. The van der Waals surface area contributed by atoms with Gasteiger partial charge in [0.1, 0.15) is 0 Å². The lowest BCUT2D eigenvalue weighted by atomic mass is 10.1. The highest BCUT2D eigenvalue weighted by Crippen LogP contribution is 2.10. The van der Waals surface area contributed by atoms with E-state index in [-0.39, 0.29) is 18.4 Å². The van der Waals surface area contributed by atoms with Gasteiger partial charge in [-0.15, -0.1) is 0 Å². The monoisotopic (exact) mass is 281 g/mol. The molecule has 5 nitrogen and oxygen atoms in total. The molecule has 0 bridgehead atoms. The van der Waals surface area contributed by atoms with Crippen molar-refractivity contribution in [1.29, 1.82) is 0 Å². The van der Waals surface area contributed by atoms with Crippen LogP contribution in [0, 0.1) is 0 Å². The number of carbonyl (C=O) groups excluding carboxylic acids is 1. The fourth-order valence-electron chi connectivity index (χ4n) is 1.50. The van der Waals surface area contributed by atoms with Crippen molar-refractivity contribution in [2.75, 3.05) is 0 Å². The molecule has 0 aliphatic rings. The SMILES string of the molecule is C[C@@H](O)CC(=O)NNC(=S)N[C@H](C)c1ccccc1. The first-order chi connectivity index (χ1) is 8.99. The molecule has 19 heavy (non-hydrogen) atoms. The number of hydrogen-bond acceptors (Lipinski definition) is 3. The molecule has 1 rings (SSSR count). The number of benzene rings is 1. The van der Waals surface area contributed by atoms with Gasteiger partial charge >= 0.3 is 0 Å². The van der Waals surface area contributed by atoms with Gasteiger partial charge in [0.05, 0.1) is 18.6 Å². The Morgan fingerprint density at radius 2 is 1.89 bits per heavy atom. The molecule has 104 valence electrons. The Morgan fingerprint density at radius 3 is 2.47 bits per heavy atom. The zero-order chi connectivity index (χ0) is 14.3. The number of hydrogen-bond donors (Lipinski definition) is 4. The van der Waals surface area contributed by atoms with E-state index in [1.807, 2.05) is 37.3 Å². The molecule has 0 spiro atoms. The molecule has 0 saturated carbocycles. The fourth-order valence-corrected chi connectivity index (χ4v) is 1.73. The summed E-state index contributed by atoms with van der Waals surface area (Å²) in [5, 5.41) is 12.4. The molecule has 0 aromatic heterocycles. The van der Waals surface area contributed by atoms with Crippen LogP contribution in [0.1, 0.15) is 31.9 Å². The number of rotatable bonds is 4. The van der Waals surface area contributed by atoms with Crippen LogP contribution in [0.5, 0.6) is 0 Å². The van der Waals surface area contributed by atoms with E-state index in [0.29, 0.717) is 5.11 Å². The van der Waals surface area contributed by atoms with Gasteiger partial charge in [0.25, 0.3) is 0 Å². The standard InChI is InChI=1S/C13H19N3O2S/c1-9(17)8-12(18)15-16-13(19)14-10(2)11-6-4-3-5-7-11/h3-7,9-10,17H,8H2,1-2H3,(H,15,18)(H2,14,16,19)/t9-,10-/m1/s1. The Morgan fingerprint density at radius 1 is 1.26 bits per heavy atom. The highest BCUT2D eigenvalue weighted by atomic mass is 32.1. The molecule has 1 amide bonds. The molecule has 0 saturated heterocycles. The number of nitrogens with one attached hydrogen (secondary N) is 3. The summed E-state index contributed by atoms with van der Waals surface area (Å²) >= 11 is 5.06. The van der Waals surface area contributed by atoms with E-state index in [9.17, 15) is 4.79 Å². The minimum absolute atomic E-state index is 0.0316. The number of thiocarbonyl (C=S) groups is 1. The van der Waals surface area contributed by atoms with Crippen molar-refractivity contribution >= 4 is 23.2 Å². The normalized spacial score (nSPS) is 13.2.